The zero-order valence-corrected chi connectivity index (χ0v) is 15.3. The highest BCUT2D eigenvalue weighted by molar-refractivity contribution is 14.1. The zero-order valence-electron chi connectivity index (χ0n) is 13.1. The van der Waals surface area contributed by atoms with Gasteiger partial charge in [-0.2, -0.15) is 0 Å². The molecule has 0 unspecified atom stereocenters. The van der Waals surface area contributed by atoms with E-state index in [2.05, 4.69) is 82.3 Å². The number of hydrogen-bond donors (Lipinski definition) is 2. The SMILES string of the molecule is C[C@@H]1Cc2c([nH]c3ccccc23)[C@]2(CCc3cc(I)ccc32)N1. The predicted octanol–water partition coefficient (Wildman–Crippen LogP) is 4.50. The third-order valence-corrected chi connectivity index (χ3v) is 6.21. The first kappa shape index (κ1) is 14.1. The van der Waals surface area contributed by atoms with Crippen LogP contribution in [-0.4, -0.2) is 11.0 Å². The molecule has 1 aliphatic heterocycles. The molecule has 5 rings (SSSR count). The fraction of sp³-hybridized carbons (Fsp3) is 0.300. The van der Waals surface area contributed by atoms with Crippen LogP contribution in [-0.2, 0) is 18.4 Å². The van der Waals surface area contributed by atoms with Gasteiger partial charge in [0.1, 0.15) is 0 Å². The normalized spacial score (nSPS) is 25.7. The summed E-state index contributed by atoms with van der Waals surface area (Å²) in [5.41, 5.74) is 7.12. The maximum Gasteiger partial charge on any atom is 0.0852 e. The first-order valence-electron chi connectivity index (χ1n) is 8.34. The maximum absolute atomic E-state index is 3.95. The molecule has 1 aromatic heterocycles. The Morgan fingerprint density at radius 3 is 2.96 bits per heavy atom. The van der Waals surface area contributed by atoms with E-state index in [0.29, 0.717) is 6.04 Å². The molecule has 116 valence electrons. The van der Waals surface area contributed by atoms with Crippen molar-refractivity contribution in [1.82, 2.24) is 10.3 Å². The second kappa shape index (κ2) is 4.84. The Labute approximate surface area is 149 Å². The topological polar surface area (TPSA) is 27.8 Å². The summed E-state index contributed by atoms with van der Waals surface area (Å²) in [6.45, 7) is 2.32. The molecule has 3 heteroatoms. The van der Waals surface area contributed by atoms with Crippen LogP contribution in [0.4, 0.5) is 0 Å². The summed E-state index contributed by atoms with van der Waals surface area (Å²) >= 11 is 2.42. The standard InChI is InChI=1S/C20H19IN2/c1-12-10-16-15-4-2-3-5-18(15)22-19(16)20(23-12)9-8-13-11-14(21)6-7-17(13)20/h2-7,11-12,22-23H,8-10H2,1H3/t12-,20-/m1/s1. The van der Waals surface area contributed by atoms with Crippen LogP contribution in [0, 0.1) is 3.57 Å². The third kappa shape index (κ3) is 1.89. The molecule has 1 spiro atoms. The number of rotatable bonds is 0. The van der Waals surface area contributed by atoms with E-state index in [1.54, 1.807) is 0 Å². The molecule has 0 fully saturated rings. The van der Waals surface area contributed by atoms with Gasteiger partial charge in [0.15, 0.2) is 0 Å². The van der Waals surface area contributed by atoms with Crippen LogP contribution in [0.15, 0.2) is 42.5 Å². The van der Waals surface area contributed by atoms with Crippen molar-refractivity contribution in [2.24, 2.45) is 0 Å². The third-order valence-electron chi connectivity index (χ3n) is 5.54. The lowest BCUT2D eigenvalue weighted by molar-refractivity contribution is 0.319. The van der Waals surface area contributed by atoms with Crippen molar-refractivity contribution < 1.29 is 0 Å². The van der Waals surface area contributed by atoms with Gasteiger partial charge in [0.25, 0.3) is 0 Å². The number of fused-ring (bicyclic) bond motifs is 6. The van der Waals surface area contributed by atoms with Crippen molar-refractivity contribution in [3.05, 3.63) is 68.4 Å². The minimum atomic E-state index is -0.0360. The van der Waals surface area contributed by atoms with Gasteiger partial charge in [0, 0.05) is 26.2 Å². The van der Waals surface area contributed by atoms with Crippen molar-refractivity contribution in [3.63, 3.8) is 0 Å². The Bertz CT molecular complexity index is 927. The second-order valence-corrected chi connectivity index (χ2v) is 8.23. The monoisotopic (exact) mass is 414 g/mol. The number of aromatic amines is 1. The van der Waals surface area contributed by atoms with Gasteiger partial charge in [-0.15, -0.1) is 0 Å². The number of aryl methyl sites for hydroxylation is 1. The summed E-state index contributed by atoms with van der Waals surface area (Å²) in [7, 11) is 0. The highest BCUT2D eigenvalue weighted by Gasteiger charge is 2.46. The van der Waals surface area contributed by atoms with Gasteiger partial charge in [-0.1, -0.05) is 24.3 Å². The first-order valence-corrected chi connectivity index (χ1v) is 9.42. The van der Waals surface area contributed by atoms with E-state index < -0.39 is 0 Å². The molecular formula is C20H19IN2. The lowest BCUT2D eigenvalue weighted by Crippen LogP contribution is -2.51. The van der Waals surface area contributed by atoms with Crippen LogP contribution in [0.2, 0.25) is 0 Å². The first-order chi connectivity index (χ1) is 11.2. The predicted molar refractivity (Wildman–Crippen MR) is 103 cm³/mol. The Hall–Kier alpha value is -1.33. The summed E-state index contributed by atoms with van der Waals surface area (Å²) in [5, 5.41) is 5.35. The Balaban J connectivity index is 1.81. The summed E-state index contributed by atoms with van der Waals surface area (Å²) in [6, 6.07) is 16.2. The minimum Gasteiger partial charge on any atom is -0.356 e. The number of nitrogens with one attached hydrogen (secondary N) is 2. The van der Waals surface area contributed by atoms with Crippen LogP contribution >= 0.6 is 22.6 Å². The highest BCUT2D eigenvalue weighted by atomic mass is 127. The van der Waals surface area contributed by atoms with Crippen molar-refractivity contribution in [2.75, 3.05) is 0 Å². The summed E-state index contributed by atoms with van der Waals surface area (Å²) < 4.78 is 1.33. The van der Waals surface area contributed by atoms with Crippen LogP contribution in [0.3, 0.4) is 0 Å². The van der Waals surface area contributed by atoms with E-state index >= 15 is 0 Å². The maximum atomic E-state index is 3.95. The average molecular weight is 414 g/mol. The molecule has 2 nitrogen and oxygen atoms in total. The smallest absolute Gasteiger partial charge is 0.0852 e. The molecule has 2 aromatic carbocycles. The van der Waals surface area contributed by atoms with Crippen LogP contribution in [0.25, 0.3) is 10.9 Å². The van der Waals surface area contributed by atoms with Gasteiger partial charge in [-0.3, -0.25) is 5.32 Å². The molecule has 0 saturated heterocycles. The fourth-order valence-electron chi connectivity index (χ4n) is 4.68. The van der Waals surface area contributed by atoms with Crippen molar-refractivity contribution in [3.8, 4) is 0 Å². The van der Waals surface area contributed by atoms with Gasteiger partial charge >= 0.3 is 0 Å². The molecule has 2 atom stereocenters. The average Bonchev–Trinajstić information content (AvgIpc) is 3.08. The van der Waals surface area contributed by atoms with Crippen molar-refractivity contribution in [2.45, 2.75) is 37.8 Å². The van der Waals surface area contributed by atoms with Crippen LogP contribution < -0.4 is 5.32 Å². The molecule has 2 aliphatic rings. The Morgan fingerprint density at radius 1 is 1.17 bits per heavy atom. The largest absolute Gasteiger partial charge is 0.356 e. The fourth-order valence-corrected chi connectivity index (χ4v) is 5.23. The van der Waals surface area contributed by atoms with E-state index in [1.807, 2.05) is 0 Å². The molecule has 2 N–H and O–H groups in total. The molecule has 2 heterocycles. The van der Waals surface area contributed by atoms with Gasteiger partial charge in [0.05, 0.1) is 5.54 Å². The minimum absolute atomic E-state index is 0.0360. The molecule has 0 bridgehead atoms. The summed E-state index contributed by atoms with van der Waals surface area (Å²) in [6.07, 6.45) is 3.40. The second-order valence-electron chi connectivity index (χ2n) is 6.98. The zero-order chi connectivity index (χ0) is 15.6. The van der Waals surface area contributed by atoms with E-state index in [4.69, 9.17) is 0 Å². The molecule has 1 aliphatic carbocycles. The van der Waals surface area contributed by atoms with E-state index in [1.165, 1.54) is 36.9 Å². The van der Waals surface area contributed by atoms with Gasteiger partial charge < -0.3 is 4.98 Å². The lowest BCUT2D eigenvalue weighted by Gasteiger charge is -2.39. The van der Waals surface area contributed by atoms with Crippen LogP contribution in [0.1, 0.15) is 35.7 Å². The number of H-pyrrole nitrogens is 1. The number of aromatic nitrogens is 1. The van der Waals surface area contributed by atoms with Gasteiger partial charge in [0.2, 0.25) is 0 Å². The summed E-state index contributed by atoms with van der Waals surface area (Å²) in [4.78, 5) is 3.76. The molecule has 23 heavy (non-hydrogen) atoms. The van der Waals surface area contributed by atoms with Crippen molar-refractivity contribution >= 4 is 33.5 Å². The lowest BCUT2D eigenvalue weighted by atomic mass is 9.80. The number of para-hydroxylation sites is 1. The molecule has 0 saturated carbocycles. The molecule has 0 amide bonds. The van der Waals surface area contributed by atoms with E-state index in [0.717, 1.165) is 19.3 Å². The highest BCUT2D eigenvalue weighted by Crippen LogP contribution is 2.47. The Morgan fingerprint density at radius 2 is 2.04 bits per heavy atom. The molecule has 0 radical (unpaired) electrons. The summed E-state index contributed by atoms with van der Waals surface area (Å²) in [5.74, 6) is 0. The van der Waals surface area contributed by atoms with Crippen molar-refractivity contribution in [1.29, 1.82) is 0 Å². The number of halogens is 1. The Kier molecular flexibility index (Phi) is 2.95. The van der Waals surface area contributed by atoms with Crippen LogP contribution in [0.5, 0.6) is 0 Å². The van der Waals surface area contributed by atoms with E-state index in [9.17, 15) is 0 Å². The number of benzene rings is 2. The molecular weight excluding hydrogens is 395 g/mol. The molecule has 3 aromatic rings. The van der Waals surface area contributed by atoms with Gasteiger partial charge in [-0.05, 0) is 83.7 Å². The number of hydrogen-bond acceptors (Lipinski definition) is 1. The quantitative estimate of drug-likeness (QED) is 0.521. The van der Waals surface area contributed by atoms with Gasteiger partial charge in [-0.25, -0.2) is 0 Å². The van der Waals surface area contributed by atoms with E-state index in [-0.39, 0.29) is 5.54 Å².